The van der Waals surface area contributed by atoms with Crippen LogP contribution in [0, 0.1) is 0 Å². The van der Waals surface area contributed by atoms with Gasteiger partial charge in [-0.05, 0) is 34.7 Å². The summed E-state index contributed by atoms with van der Waals surface area (Å²) < 4.78 is 5.48. The van der Waals surface area contributed by atoms with Gasteiger partial charge >= 0.3 is 0 Å². The van der Waals surface area contributed by atoms with Gasteiger partial charge in [0.15, 0.2) is 0 Å². The van der Waals surface area contributed by atoms with Crippen molar-refractivity contribution in [1.82, 2.24) is 0 Å². The predicted octanol–water partition coefficient (Wildman–Crippen LogP) is 4.38. The first kappa shape index (κ1) is 13.0. The van der Waals surface area contributed by atoms with Gasteiger partial charge in [0.1, 0.15) is 5.75 Å². The summed E-state index contributed by atoms with van der Waals surface area (Å²) in [4.78, 5) is 0. The Morgan fingerprint density at radius 3 is 2.70 bits per heavy atom. The van der Waals surface area contributed by atoms with E-state index in [-0.39, 0.29) is 0 Å². The summed E-state index contributed by atoms with van der Waals surface area (Å²) in [5.41, 5.74) is 5.31. The summed E-state index contributed by atoms with van der Waals surface area (Å²) in [7, 11) is 1.74. The van der Waals surface area contributed by atoms with Crippen molar-refractivity contribution in [3.05, 3.63) is 59.2 Å². The van der Waals surface area contributed by atoms with E-state index in [4.69, 9.17) is 4.74 Å². The van der Waals surface area contributed by atoms with E-state index in [0.29, 0.717) is 11.8 Å². The van der Waals surface area contributed by atoms with Crippen molar-refractivity contribution in [1.29, 1.82) is 0 Å². The molecule has 1 unspecified atom stereocenters. The van der Waals surface area contributed by atoms with E-state index >= 15 is 0 Å². The molecule has 1 aliphatic rings. The van der Waals surface area contributed by atoms with Gasteiger partial charge in [0.25, 0.3) is 0 Å². The average Bonchev–Trinajstić information content (AvgIpc) is 2.90. The standard InChI is InChI=1S/C18H21NO/c1-12(2)15-10-13(8-9-18(15)20-3)16-11-19-17-7-5-4-6-14(16)17/h4-10,12,16,19H,11H2,1-3H3. The van der Waals surface area contributed by atoms with E-state index in [2.05, 4.69) is 61.6 Å². The zero-order chi connectivity index (χ0) is 14.1. The average molecular weight is 267 g/mol. The van der Waals surface area contributed by atoms with E-state index in [0.717, 1.165) is 12.3 Å². The maximum atomic E-state index is 5.48. The fourth-order valence-corrected chi connectivity index (χ4v) is 3.00. The van der Waals surface area contributed by atoms with Crippen LogP contribution in [0.25, 0.3) is 0 Å². The quantitative estimate of drug-likeness (QED) is 0.891. The SMILES string of the molecule is COc1ccc(C2CNc3ccccc32)cc1C(C)C. The Bertz CT molecular complexity index is 619. The van der Waals surface area contributed by atoms with Crippen LogP contribution in [0.3, 0.4) is 0 Å². The van der Waals surface area contributed by atoms with Gasteiger partial charge in [-0.1, -0.05) is 44.2 Å². The first-order chi connectivity index (χ1) is 9.70. The summed E-state index contributed by atoms with van der Waals surface area (Å²) in [5, 5.41) is 3.49. The van der Waals surface area contributed by atoms with Crippen molar-refractivity contribution < 1.29 is 4.74 Å². The molecule has 3 rings (SSSR count). The van der Waals surface area contributed by atoms with Crippen molar-refractivity contribution in [2.24, 2.45) is 0 Å². The van der Waals surface area contributed by atoms with Gasteiger partial charge in [0.05, 0.1) is 7.11 Å². The predicted molar refractivity (Wildman–Crippen MR) is 83.9 cm³/mol. The van der Waals surface area contributed by atoms with E-state index < -0.39 is 0 Å². The third-order valence-electron chi connectivity index (χ3n) is 4.11. The highest BCUT2D eigenvalue weighted by atomic mass is 16.5. The highest BCUT2D eigenvalue weighted by Crippen LogP contribution is 2.38. The van der Waals surface area contributed by atoms with Crippen LogP contribution < -0.4 is 10.1 Å². The van der Waals surface area contributed by atoms with Gasteiger partial charge in [-0.3, -0.25) is 0 Å². The molecule has 0 bridgehead atoms. The molecular formula is C18H21NO. The number of para-hydroxylation sites is 1. The monoisotopic (exact) mass is 267 g/mol. The lowest BCUT2D eigenvalue weighted by atomic mass is 9.89. The second-order valence-electron chi connectivity index (χ2n) is 5.68. The molecular weight excluding hydrogens is 246 g/mol. The molecule has 1 atom stereocenters. The Hall–Kier alpha value is -1.96. The fourth-order valence-electron chi connectivity index (χ4n) is 3.00. The molecule has 104 valence electrons. The van der Waals surface area contributed by atoms with Gasteiger partial charge in [-0.25, -0.2) is 0 Å². The highest BCUT2D eigenvalue weighted by Gasteiger charge is 2.24. The summed E-state index contributed by atoms with van der Waals surface area (Å²) in [5.74, 6) is 1.90. The summed E-state index contributed by atoms with van der Waals surface area (Å²) in [6, 6.07) is 15.2. The van der Waals surface area contributed by atoms with Crippen LogP contribution in [-0.2, 0) is 0 Å². The van der Waals surface area contributed by atoms with Gasteiger partial charge in [-0.2, -0.15) is 0 Å². The fraction of sp³-hybridized carbons (Fsp3) is 0.333. The summed E-state index contributed by atoms with van der Waals surface area (Å²) in [6.45, 7) is 5.40. The van der Waals surface area contributed by atoms with Crippen molar-refractivity contribution in [3.63, 3.8) is 0 Å². The zero-order valence-electron chi connectivity index (χ0n) is 12.3. The van der Waals surface area contributed by atoms with Crippen LogP contribution in [0.4, 0.5) is 5.69 Å². The Morgan fingerprint density at radius 2 is 1.95 bits per heavy atom. The maximum absolute atomic E-state index is 5.48. The zero-order valence-corrected chi connectivity index (χ0v) is 12.3. The van der Waals surface area contributed by atoms with E-state index in [1.54, 1.807) is 7.11 Å². The minimum atomic E-state index is 0.439. The third-order valence-corrected chi connectivity index (χ3v) is 4.11. The largest absolute Gasteiger partial charge is 0.496 e. The van der Waals surface area contributed by atoms with E-state index in [1.165, 1.54) is 22.4 Å². The Morgan fingerprint density at radius 1 is 1.15 bits per heavy atom. The number of anilines is 1. The molecule has 0 fully saturated rings. The van der Waals surface area contributed by atoms with Crippen molar-refractivity contribution in [2.45, 2.75) is 25.7 Å². The highest BCUT2D eigenvalue weighted by molar-refractivity contribution is 5.61. The minimum absolute atomic E-state index is 0.439. The number of hydrogen-bond donors (Lipinski definition) is 1. The van der Waals surface area contributed by atoms with Crippen LogP contribution in [0.5, 0.6) is 5.75 Å². The molecule has 2 aromatic rings. The van der Waals surface area contributed by atoms with Crippen LogP contribution in [-0.4, -0.2) is 13.7 Å². The molecule has 0 amide bonds. The molecule has 20 heavy (non-hydrogen) atoms. The number of benzene rings is 2. The normalized spacial score (nSPS) is 16.9. The second-order valence-corrected chi connectivity index (χ2v) is 5.68. The first-order valence-corrected chi connectivity index (χ1v) is 7.21. The molecule has 0 aromatic heterocycles. The van der Waals surface area contributed by atoms with Gasteiger partial charge in [0, 0.05) is 18.2 Å². The molecule has 0 aliphatic carbocycles. The molecule has 0 spiro atoms. The number of fused-ring (bicyclic) bond motifs is 1. The van der Waals surface area contributed by atoms with Gasteiger partial charge < -0.3 is 10.1 Å². The summed E-state index contributed by atoms with van der Waals surface area (Å²) in [6.07, 6.45) is 0. The molecule has 1 N–H and O–H groups in total. The molecule has 1 aliphatic heterocycles. The smallest absolute Gasteiger partial charge is 0.122 e. The minimum Gasteiger partial charge on any atom is -0.496 e. The lowest BCUT2D eigenvalue weighted by molar-refractivity contribution is 0.407. The van der Waals surface area contributed by atoms with Crippen molar-refractivity contribution in [3.8, 4) is 5.75 Å². The number of ether oxygens (including phenoxy) is 1. The first-order valence-electron chi connectivity index (χ1n) is 7.21. The number of nitrogens with one attached hydrogen (secondary N) is 1. The topological polar surface area (TPSA) is 21.3 Å². The van der Waals surface area contributed by atoms with E-state index in [9.17, 15) is 0 Å². The van der Waals surface area contributed by atoms with E-state index in [1.807, 2.05) is 0 Å². The van der Waals surface area contributed by atoms with Gasteiger partial charge in [0.2, 0.25) is 0 Å². The summed E-state index contributed by atoms with van der Waals surface area (Å²) >= 11 is 0. The maximum Gasteiger partial charge on any atom is 0.122 e. The third kappa shape index (κ3) is 2.15. The molecule has 2 nitrogen and oxygen atoms in total. The van der Waals surface area contributed by atoms with Gasteiger partial charge in [-0.15, -0.1) is 0 Å². The second kappa shape index (κ2) is 5.20. The molecule has 2 heteroatoms. The molecule has 1 heterocycles. The number of rotatable bonds is 3. The Balaban J connectivity index is 2.02. The molecule has 2 aromatic carbocycles. The van der Waals surface area contributed by atoms with Crippen molar-refractivity contribution in [2.75, 3.05) is 19.0 Å². The van der Waals surface area contributed by atoms with Crippen LogP contribution >= 0.6 is 0 Å². The molecule has 0 saturated carbocycles. The lowest BCUT2D eigenvalue weighted by Gasteiger charge is -2.17. The molecule has 0 saturated heterocycles. The van der Waals surface area contributed by atoms with Crippen LogP contribution in [0.15, 0.2) is 42.5 Å². The lowest BCUT2D eigenvalue weighted by Crippen LogP contribution is -2.05. The molecule has 0 radical (unpaired) electrons. The van der Waals surface area contributed by atoms with Crippen LogP contribution in [0.1, 0.15) is 42.4 Å². The Kier molecular flexibility index (Phi) is 3.39. The van der Waals surface area contributed by atoms with Crippen molar-refractivity contribution >= 4 is 5.69 Å². The Labute approximate surface area is 120 Å². The number of hydrogen-bond acceptors (Lipinski definition) is 2. The number of methoxy groups -OCH3 is 1. The van der Waals surface area contributed by atoms with Crippen LogP contribution in [0.2, 0.25) is 0 Å².